The highest BCUT2D eigenvalue weighted by Gasteiger charge is 2.17. The largest absolute Gasteiger partial charge is 0.478 e. The van der Waals surface area contributed by atoms with Crippen LogP contribution in [0.5, 0.6) is 0 Å². The fraction of sp³-hybridized carbons (Fsp3) is 0.294. The molecule has 22 heavy (non-hydrogen) atoms. The minimum Gasteiger partial charge on any atom is -0.478 e. The molecule has 5 nitrogen and oxygen atoms in total. The zero-order chi connectivity index (χ0) is 15.9. The van der Waals surface area contributed by atoms with E-state index < -0.39 is 5.97 Å². The number of carbonyl (C=O) groups is 2. The molecule has 0 atom stereocenters. The predicted molar refractivity (Wildman–Crippen MR) is 82.0 cm³/mol. The van der Waals surface area contributed by atoms with Crippen LogP contribution in [0.3, 0.4) is 0 Å². The van der Waals surface area contributed by atoms with Crippen LogP contribution in [0.15, 0.2) is 47.1 Å². The van der Waals surface area contributed by atoms with E-state index in [1.54, 1.807) is 11.9 Å². The number of nitrogens with zero attached hydrogens (tertiary/aromatic N) is 1. The lowest BCUT2D eigenvalue weighted by molar-refractivity contribution is 0.0695. The number of carboxylic acid groups (broad SMARTS) is 1. The fourth-order valence-corrected chi connectivity index (χ4v) is 2.17. The molecule has 0 aliphatic heterocycles. The summed E-state index contributed by atoms with van der Waals surface area (Å²) >= 11 is 0. The van der Waals surface area contributed by atoms with Crippen molar-refractivity contribution >= 4 is 11.9 Å². The molecule has 0 aliphatic rings. The van der Waals surface area contributed by atoms with E-state index >= 15 is 0 Å². The second-order valence-corrected chi connectivity index (χ2v) is 5.17. The molecule has 5 heteroatoms. The molecule has 0 fully saturated rings. The number of aromatic carboxylic acids is 1. The van der Waals surface area contributed by atoms with Crippen molar-refractivity contribution in [2.24, 2.45) is 0 Å². The van der Waals surface area contributed by atoms with Crippen molar-refractivity contribution in [3.8, 4) is 0 Å². The third-order valence-corrected chi connectivity index (χ3v) is 3.46. The van der Waals surface area contributed by atoms with Crippen LogP contribution in [-0.2, 0) is 6.42 Å². The highest BCUT2D eigenvalue weighted by Crippen LogP contribution is 2.11. The zero-order valence-corrected chi connectivity index (χ0v) is 12.5. The van der Waals surface area contributed by atoms with Gasteiger partial charge >= 0.3 is 5.97 Å². The Morgan fingerprint density at radius 3 is 2.55 bits per heavy atom. The Labute approximate surface area is 129 Å². The van der Waals surface area contributed by atoms with Gasteiger partial charge < -0.3 is 14.4 Å². The van der Waals surface area contributed by atoms with Crippen LogP contribution in [-0.4, -0.2) is 35.5 Å². The molecule has 1 aromatic heterocycles. The zero-order valence-electron chi connectivity index (χ0n) is 12.5. The van der Waals surface area contributed by atoms with Gasteiger partial charge in [-0.05, 0) is 24.8 Å². The molecule has 0 unspecified atom stereocenters. The molecule has 0 saturated carbocycles. The first-order chi connectivity index (χ1) is 10.6. The number of unbranched alkanes of at least 4 members (excludes halogenated alkanes) is 1. The Hall–Kier alpha value is -2.56. The van der Waals surface area contributed by atoms with Gasteiger partial charge in [0.2, 0.25) is 0 Å². The van der Waals surface area contributed by atoms with Crippen molar-refractivity contribution in [1.29, 1.82) is 0 Å². The van der Waals surface area contributed by atoms with Crippen molar-refractivity contribution in [2.45, 2.75) is 19.3 Å². The van der Waals surface area contributed by atoms with E-state index in [2.05, 4.69) is 12.1 Å². The monoisotopic (exact) mass is 301 g/mol. The first-order valence-corrected chi connectivity index (χ1v) is 7.19. The maximum atomic E-state index is 12.1. The van der Waals surface area contributed by atoms with Gasteiger partial charge in [0.05, 0.1) is 5.56 Å². The highest BCUT2D eigenvalue weighted by atomic mass is 16.4. The Balaban J connectivity index is 1.77. The van der Waals surface area contributed by atoms with Crippen molar-refractivity contribution in [3.05, 3.63) is 59.5 Å². The SMILES string of the molecule is CN(CCCCc1ccccc1)C(=O)c1cc(C(=O)O)co1. The molecular weight excluding hydrogens is 282 g/mol. The summed E-state index contributed by atoms with van der Waals surface area (Å²) in [5, 5.41) is 8.82. The van der Waals surface area contributed by atoms with Gasteiger partial charge in [0.15, 0.2) is 5.76 Å². The topological polar surface area (TPSA) is 70.8 Å². The third kappa shape index (κ3) is 4.22. The number of carbonyl (C=O) groups excluding carboxylic acids is 1. The summed E-state index contributed by atoms with van der Waals surface area (Å²) in [6, 6.07) is 11.5. The number of amides is 1. The van der Waals surface area contributed by atoms with Crippen LogP contribution in [0.2, 0.25) is 0 Å². The van der Waals surface area contributed by atoms with Crippen molar-refractivity contribution in [1.82, 2.24) is 4.90 Å². The van der Waals surface area contributed by atoms with E-state index in [0.717, 1.165) is 25.5 Å². The molecule has 1 N–H and O–H groups in total. The molecule has 1 aromatic carbocycles. The molecule has 0 radical (unpaired) electrons. The molecule has 116 valence electrons. The van der Waals surface area contributed by atoms with E-state index in [9.17, 15) is 9.59 Å². The standard InChI is InChI=1S/C17H19NO4/c1-18(10-6-5-9-13-7-3-2-4-8-13)16(19)15-11-14(12-22-15)17(20)21/h2-4,7-8,11-12H,5-6,9-10H2,1H3,(H,20,21). The third-order valence-electron chi connectivity index (χ3n) is 3.46. The Bertz CT molecular complexity index is 633. The predicted octanol–water partition coefficient (Wildman–Crippen LogP) is 3.07. The van der Waals surface area contributed by atoms with Crippen molar-refractivity contribution in [3.63, 3.8) is 0 Å². The van der Waals surface area contributed by atoms with Gasteiger partial charge in [-0.2, -0.15) is 0 Å². The molecule has 2 rings (SSSR count). The van der Waals surface area contributed by atoms with Crippen LogP contribution in [0, 0.1) is 0 Å². The van der Waals surface area contributed by atoms with Gasteiger partial charge in [-0.15, -0.1) is 0 Å². The van der Waals surface area contributed by atoms with Gasteiger partial charge in [-0.3, -0.25) is 4.79 Å². The summed E-state index contributed by atoms with van der Waals surface area (Å²) in [7, 11) is 1.69. The van der Waals surface area contributed by atoms with E-state index in [4.69, 9.17) is 9.52 Å². The Morgan fingerprint density at radius 2 is 1.91 bits per heavy atom. The summed E-state index contributed by atoms with van der Waals surface area (Å²) in [5.41, 5.74) is 1.27. The molecule has 0 aliphatic carbocycles. The maximum absolute atomic E-state index is 12.1. The first-order valence-electron chi connectivity index (χ1n) is 7.19. The molecule has 0 saturated heterocycles. The van der Waals surface area contributed by atoms with Crippen LogP contribution < -0.4 is 0 Å². The fourth-order valence-electron chi connectivity index (χ4n) is 2.17. The normalized spacial score (nSPS) is 10.4. The highest BCUT2D eigenvalue weighted by molar-refractivity contribution is 5.95. The number of carboxylic acids is 1. The quantitative estimate of drug-likeness (QED) is 0.798. The average molecular weight is 301 g/mol. The molecular formula is C17H19NO4. The summed E-state index contributed by atoms with van der Waals surface area (Å²) in [6.45, 7) is 0.606. The number of benzene rings is 1. The minimum atomic E-state index is -1.10. The molecule has 2 aromatic rings. The number of rotatable bonds is 7. The first kappa shape index (κ1) is 15.8. The Morgan fingerprint density at radius 1 is 1.18 bits per heavy atom. The van der Waals surface area contributed by atoms with Crippen LogP contribution in [0.4, 0.5) is 0 Å². The average Bonchev–Trinajstić information content (AvgIpc) is 3.02. The van der Waals surface area contributed by atoms with E-state index in [1.807, 2.05) is 18.2 Å². The van der Waals surface area contributed by atoms with Gasteiger partial charge in [-0.25, -0.2) is 4.79 Å². The second kappa shape index (κ2) is 7.45. The van der Waals surface area contributed by atoms with Crippen molar-refractivity contribution in [2.75, 3.05) is 13.6 Å². The number of furan rings is 1. The number of hydrogen-bond acceptors (Lipinski definition) is 3. The van der Waals surface area contributed by atoms with Gasteiger partial charge in [-0.1, -0.05) is 30.3 Å². The summed E-state index contributed by atoms with van der Waals surface area (Å²) < 4.78 is 5.01. The van der Waals surface area contributed by atoms with Crippen LogP contribution in [0.1, 0.15) is 39.3 Å². The summed E-state index contributed by atoms with van der Waals surface area (Å²) in [5.74, 6) is -1.34. The van der Waals surface area contributed by atoms with E-state index in [1.165, 1.54) is 11.6 Å². The lowest BCUT2D eigenvalue weighted by atomic mass is 10.1. The second-order valence-electron chi connectivity index (χ2n) is 5.17. The van der Waals surface area contributed by atoms with Crippen molar-refractivity contribution < 1.29 is 19.1 Å². The van der Waals surface area contributed by atoms with Gasteiger partial charge in [0, 0.05) is 19.7 Å². The number of aryl methyl sites for hydroxylation is 1. The van der Waals surface area contributed by atoms with E-state index in [0.29, 0.717) is 6.54 Å². The Kier molecular flexibility index (Phi) is 5.36. The number of hydrogen-bond donors (Lipinski definition) is 1. The minimum absolute atomic E-state index is 0.0131. The summed E-state index contributed by atoms with van der Waals surface area (Å²) in [6.07, 6.45) is 3.93. The van der Waals surface area contributed by atoms with Gasteiger partial charge in [0.1, 0.15) is 6.26 Å². The van der Waals surface area contributed by atoms with Crippen LogP contribution >= 0.6 is 0 Å². The molecule has 0 spiro atoms. The summed E-state index contributed by atoms with van der Waals surface area (Å²) in [4.78, 5) is 24.4. The lowest BCUT2D eigenvalue weighted by Crippen LogP contribution is -2.27. The van der Waals surface area contributed by atoms with E-state index in [-0.39, 0.29) is 17.2 Å². The van der Waals surface area contributed by atoms with Crippen LogP contribution in [0.25, 0.3) is 0 Å². The maximum Gasteiger partial charge on any atom is 0.338 e. The molecule has 1 amide bonds. The molecule has 0 bridgehead atoms. The smallest absolute Gasteiger partial charge is 0.338 e. The molecule has 1 heterocycles. The van der Waals surface area contributed by atoms with Gasteiger partial charge in [0.25, 0.3) is 5.91 Å². The lowest BCUT2D eigenvalue weighted by Gasteiger charge is -2.15.